The number of allylic oxidation sites excluding steroid dienone is 4. The second-order valence-corrected chi connectivity index (χ2v) is 32.7. The van der Waals surface area contributed by atoms with E-state index in [4.69, 9.17) is 23.7 Å². The first-order chi connectivity index (χ1) is 63.6. The summed E-state index contributed by atoms with van der Waals surface area (Å²) in [6.07, 6.45) is 5.10. The molecule has 0 saturated heterocycles. The summed E-state index contributed by atoms with van der Waals surface area (Å²) in [4.78, 5) is 114. The van der Waals surface area contributed by atoms with Gasteiger partial charge in [-0.1, -0.05) is 131 Å². The first-order valence-corrected chi connectivity index (χ1v) is 42.8. The van der Waals surface area contributed by atoms with Crippen molar-refractivity contribution in [3.63, 3.8) is 0 Å². The van der Waals surface area contributed by atoms with Crippen LogP contribution in [0.3, 0.4) is 0 Å². The second kappa shape index (κ2) is 38.9. The largest absolute Gasteiger partial charge is 0.496 e. The van der Waals surface area contributed by atoms with Crippen LogP contribution in [0.25, 0.3) is 44.5 Å². The predicted octanol–water partition coefficient (Wildman–Crippen LogP) is 12.6. The molecule has 4 unspecified atom stereocenters. The lowest BCUT2D eigenvalue weighted by Gasteiger charge is -2.26. The number of hydrogen-bond acceptors (Lipinski definition) is 20. The summed E-state index contributed by atoms with van der Waals surface area (Å²) in [6, 6.07) is 28.4. The third kappa shape index (κ3) is 18.8. The van der Waals surface area contributed by atoms with Gasteiger partial charge in [0, 0.05) is 187 Å². The standard InChI is InChI=1S/C30H26F3NO5.C28H23F3N2O4.2C23H22N2O4/c1-5-39-28(36)25-18(2)15-23-26(25)20(17-34(3)27(23)35)13-14-29(37,30(31,32)33)21-10-8-9-19(16-21)22-11-6-7-12-24(22)38-4;1-4-37-26(35)23-17(2)13-22-24(23)20(16-33(3)25(22)34)10-11-27(36,28(29,30)31)21-9-5-7-18(14-21)19-8-6-12-32-15-19;2*1-4-29-22(27)18-14(2)12-17-19(18)16(13-25(3)21(17)26)8-10-23(28)9-7-15-6-5-11-24-20(15)23/h6-12,16-17,37H,5,15H2,1-4H3;5-9,12,14-16,36H,4,13H2,1-3H3;2*5-6,11,13,28H,4,7,9,12H2,1-3H3. The van der Waals surface area contributed by atoms with Gasteiger partial charge in [0.2, 0.25) is 11.2 Å². The molecule has 24 nitrogen and oxygen atoms in total. The number of benzene rings is 3. The van der Waals surface area contributed by atoms with Crippen molar-refractivity contribution in [3.05, 3.63) is 323 Å². The first kappa shape index (κ1) is 96.8. The van der Waals surface area contributed by atoms with Crippen LogP contribution >= 0.6 is 0 Å². The number of alkyl halides is 6. The van der Waals surface area contributed by atoms with Crippen LogP contribution in [0, 0.1) is 47.4 Å². The molecule has 0 spiro atoms. The zero-order valence-electron chi connectivity index (χ0n) is 75.5. The number of halogens is 6. The Morgan fingerprint density at radius 2 is 0.761 bits per heavy atom. The number of esters is 4. The highest BCUT2D eigenvalue weighted by molar-refractivity contribution is 6.22. The van der Waals surface area contributed by atoms with Gasteiger partial charge in [0.25, 0.3) is 22.2 Å². The number of pyridine rings is 7. The molecule has 30 heteroatoms. The number of carbonyl (C=O) groups is 4. The highest BCUT2D eigenvalue weighted by Gasteiger charge is 2.56. The molecule has 6 aliphatic rings. The Morgan fingerprint density at radius 1 is 0.433 bits per heavy atom. The summed E-state index contributed by atoms with van der Waals surface area (Å²) < 4.78 is 118. The van der Waals surface area contributed by atoms with Crippen LogP contribution in [0.1, 0.15) is 169 Å². The minimum absolute atomic E-state index is 0.00286. The Balaban J connectivity index is 0.000000153. The van der Waals surface area contributed by atoms with Gasteiger partial charge in [-0.3, -0.25) is 34.1 Å². The SMILES string of the molecule is CCOC(=O)C1=C(C)Cc2c1c(C#CC(O)(c1cccc(-c3ccccc3OC)c1)C(F)(F)F)cn(C)c2=O.CCOC(=O)C1=C(C)Cc2c1c(C#CC(O)(c1cccc(-c3cccnc3)c1)C(F)(F)F)cn(C)c2=O.CCOC(=O)C1=C(C)Cc2c1c(C#CC1(O)CCc3cccnc31)cn(C)c2=O.CCOC(=O)C1=C(C)Cc2c1c(C#CC1(O)CCc3cccnc31)cn(C)c2=O. The predicted molar refractivity (Wildman–Crippen MR) is 487 cm³/mol. The maximum Gasteiger partial charge on any atom is 0.433 e. The zero-order chi connectivity index (χ0) is 97.0. The minimum Gasteiger partial charge on any atom is -0.496 e. The van der Waals surface area contributed by atoms with E-state index in [2.05, 4.69) is 50.5 Å². The topological polar surface area (TPSA) is 322 Å². The van der Waals surface area contributed by atoms with Gasteiger partial charge >= 0.3 is 36.2 Å². The van der Waals surface area contributed by atoms with Gasteiger partial charge in [-0.05, 0) is 157 Å². The summed E-state index contributed by atoms with van der Waals surface area (Å²) in [5, 5.41) is 44.2. The molecule has 0 radical (unpaired) electrons. The van der Waals surface area contributed by atoms with Crippen LogP contribution in [-0.2, 0) is 127 Å². The lowest BCUT2D eigenvalue weighted by molar-refractivity contribution is -0.241. The van der Waals surface area contributed by atoms with Gasteiger partial charge in [-0.25, -0.2) is 19.2 Å². The van der Waals surface area contributed by atoms with Crippen LogP contribution < -0.4 is 27.0 Å². The molecule has 134 heavy (non-hydrogen) atoms. The van der Waals surface area contributed by atoms with Crippen molar-refractivity contribution in [1.29, 1.82) is 0 Å². The van der Waals surface area contributed by atoms with Crippen LogP contribution in [0.5, 0.6) is 5.75 Å². The molecule has 10 aromatic rings. The first-order valence-electron chi connectivity index (χ1n) is 42.8. The normalized spacial score (nSPS) is 16.6. The molecule has 0 saturated carbocycles. The van der Waals surface area contributed by atoms with Crippen molar-refractivity contribution < 1.29 is 89.6 Å². The molecule has 16 rings (SSSR count). The summed E-state index contributed by atoms with van der Waals surface area (Å²) in [5.74, 6) is 19.1. The molecule has 0 amide bonds. The van der Waals surface area contributed by atoms with Crippen LogP contribution in [-0.4, -0.2) is 123 Å². The molecule has 7 heterocycles. The Labute approximate surface area is 766 Å². The number of aryl methyl sites for hydroxylation is 6. The summed E-state index contributed by atoms with van der Waals surface area (Å²) in [6.45, 7) is 14.3. The summed E-state index contributed by atoms with van der Waals surface area (Å²) in [7, 11) is 7.66. The third-order valence-corrected chi connectivity index (χ3v) is 23.7. The lowest BCUT2D eigenvalue weighted by atomic mass is 9.90. The maximum atomic E-state index is 14.4. The van der Waals surface area contributed by atoms with E-state index in [1.807, 2.05) is 50.0 Å². The fraction of sp³-hybridized carbons (Fsp3) is 0.298. The van der Waals surface area contributed by atoms with Crippen LogP contribution in [0.4, 0.5) is 26.3 Å². The molecule has 688 valence electrons. The van der Waals surface area contributed by atoms with Gasteiger partial charge < -0.3 is 62.4 Å². The van der Waals surface area contributed by atoms with Crippen molar-refractivity contribution >= 4 is 46.2 Å². The number of nitrogens with zero attached hydrogens (tertiary/aromatic N) is 7. The van der Waals surface area contributed by atoms with E-state index < -0.39 is 80.9 Å². The fourth-order valence-electron chi connectivity index (χ4n) is 17.2. The van der Waals surface area contributed by atoms with Crippen molar-refractivity contribution in [1.82, 2.24) is 33.2 Å². The average Bonchev–Trinajstić information content (AvgIpc) is 1.74. The van der Waals surface area contributed by atoms with Crippen LogP contribution in [0.2, 0.25) is 0 Å². The smallest absolute Gasteiger partial charge is 0.433 e. The Kier molecular flexibility index (Phi) is 28.1. The van der Waals surface area contributed by atoms with E-state index in [1.165, 1.54) is 88.5 Å². The lowest BCUT2D eigenvalue weighted by Crippen LogP contribution is -2.41. The molecule has 7 aromatic heterocycles. The average molecular weight is 1830 g/mol. The number of rotatable bonds is 13. The van der Waals surface area contributed by atoms with Gasteiger partial charge in [0.15, 0.2) is 11.2 Å². The van der Waals surface area contributed by atoms with Crippen molar-refractivity contribution in [2.24, 2.45) is 28.2 Å². The zero-order valence-corrected chi connectivity index (χ0v) is 75.5. The molecular weight excluding hydrogens is 1730 g/mol. The Morgan fingerprint density at radius 3 is 1.10 bits per heavy atom. The van der Waals surface area contributed by atoms with Crippen molar-refractivity contribution in [3.8, 4) is 75.4 Å². The fourth-order valence-corrected chi connectivity index (χ4v) is 17.2. The monoisotopic (exact) mass is 1830 g/mol. The third-order valence-electron chi connectivity index (χ3n) is 23.7. The molecule has 6 aliphatic carbocycles. The number of ether oxygens (including phenoxy) is 5. The quantitative estimate of drug-likeness (QED) is 0.0361. The van der Waals surface area contributed by atoms with Gasteiger partial charge in [-0.15, -0.1) is 0 Å². The van der Waals surface area contributed by atoms with E-state index in [0.29, 0.717) is 134 Å². The number of para-hydroxylation sites is 1. The van der Waals surface area contributed by atoms with Crippen molar-refractivity contribution in [2.75, 3.05) is 33.5 Å². The number of methoxy groups -OCH3 is 1. The molecule has 0 fully saturated rings. The van der Waals surface area contributed by atoms with E-state index in [0.717, 1.165) is 34.4 Å². The molecular formula is C104H93F6N7O17. The van der Waals surface area contributed by atoms with E-state index in [9.17, 15) is 85.1 Å². The number of fused-ring (bicyclic) bond motifs is 6. The Hall–Kier alpha value is -14.8. The van der Waals surface area contributed by atoms with E-state index in [-0.39, 0.29) is 94.9 Å². The van der Waals surface area contributed by atoms with Gasteiger partial charge in [-0.2, -0.15) is 26.3 Å². The number of aromatic nitrogens is 7. The second-order valence-electron chi connectivity index (χ2n) is 32.7. The Bertz CT molecular complexity index is 7000. The van der Waals surface area contributed by atoms with Crippen LogP contribution in [0.15, 0.2) is 200 Å². The molecule has 0 bridgehead atoms. The van der Waals surface area contributed by atoms with E-state index in [1.54, 1.807) is 129 Å². The van der Waals surface area contributed by atoms with Gasteiger partial charge in [0.1, 0.15) is 5.75 Å². The molecule has 3 aromatic carbocycles. The number of aliphatic hydroxyl groups is 4. The molecule has 0 aliphatic heterocycles. The number of carbonyl (C=O) groups excluding carboxylic acids is 4. The highest BCUT2D eigenvalue weighted by Crippen LogP contribution is 2.46. The van der Waals surface area contributed by atoms with Gasteiger partial charge in [0.05, 0.1) is 67.2 Å². The number of hydrogen-bond donors (Lipinski definition) is 4. The molecule has 4 atom stereocenters. The van der Waals surface area contributed by atoms with Crippen molar-refractivity contribution in [2.45, 2.75) is 142 Å². The summed E-state index contributed by atoms with van der Waals surface area (Å²) in [5.41, 5.74) is 0.778. The minimum atomic E-state index is -5.18. The summed E-state index contributed by atoms with van der Waals surface area (Å²) >= 11 is 0. The van der Waals surface area contributed by atoms with E-state index >= 15 is 0 Å². The maximum absolute atomic E-state index is 14.4. The highest BCUT2D eigenvalue weighted by atomic mass is 19.4. The molecule has 4 N–H and O–H groups in total.